The highest BCUT2D eigenvalue weighted by atomic mass is 16.5. The van der Waals surface area contributed by atoms with E-state index in [0.717, 1.165) is 28.1 Å². The van der Waals surface area contributed by atoms with Crippen LogP contribution >= 0.6 is 0 Å². The van der Waals surface area contributed by atoms with Gasteiger partial charge in [-0.05, 0) is 41.5 Å². The Morgan fingerprint density at radius 3 is 2.28 bits per heavy atom. The fraction of sp³-hybridized carbons (Fsp3) is 0.136. The first-order valence-corrected chi connectivity index (χ1v) is 8.22. The van der Waals surface area contributed by atoms with E-state index in [0.29, 0.717) is 13.2 Å². The first-order chi connectivity index (χ1) is 12.3. The Bertz CT molecular complexity index is 851. The predicted octanol–water partition coefficient (Wildman–Crippen LogP) is 4.77. The number of benzene rings is 3. The van der Waals surface area contributed by atoms with Gasteiger partial charge in [0.15, 0.2) is 0 Å². The Hall–Kier alpha value is -3.25. The third kappa shape index (κ3) is 4.39. The van der Waals surface area contributed by atoms with Crippen LogP contribution in [0.1, 0.15) is 16.7 Å². The van der Waals surface area contributed by atoms with Crippen LogP contribution < -0.4 is 9.64 Å². The molecule has 0 aromatic heterocycles. The van der Waals surface area contributed by atoms with Gasteiger partial charge in [-0.25, -0.2) is 0 Å². The van der Waals surface area contributed by atoms with E-state index in [9.17, 15) is 5.26 Å². The van der Waals surface area contributed by atoms with E-state index in [1.54, 1.807) is 0 Å². The Morgan fingerprint density at radius 1 is 0.880 bits per heavy atom. The van der Waals surface area contributed by atoms with Crippen LogP contribution in [0.2, 0.25) is 0 Å². The minimum atomic E-state index is 0.561. The van der Waals surface area contributed by atoms with Gasteiger partial charge in [0.25, 0.3) is 0 Å². The summed E-state index contributed by atoms with van der Waals surface area (Å²) in [6.45, 7) is 1.25. The molecule has 3 rings (SSSR count). The lowest BCUT2D eigenvalue weighted by atomic mass is 10.1. The largest absolute Gasteiger partial charge is 0.489 e. The summed E-state index contributed by atoms with van der Waals surface area (Å²) in [6.07, 6.45) is 0. The average molecular weight is 328 g/mol. The zero-order chi connectivity index (χ0) is 17.5. The molecule has 0 heterocycles. The van der Waals surface area contributed by atoms with E-state index in [-0.39, 0.29) is 0 Å². The third-order valence-corrected chi connectivity index (χ3v) is 4.07. The molecule has 0 saturated carbocycles. The van der Waals surface area contributed by atoms with E-state index in [4.69, 9.17) is 4.74 Å². The Balaban J connectivity index is 1.62. The average Bonchev–Trinajstić information content (AvgIpc) is 2.68. The minimum Gasteiger partial charge on any atom is -0.489 e. The molecule has 0 aliphatic heterocycles. The third-order valence-electron chi connectivity index (χ3n) is 4.07. The van der Waals surface area contributed by atoms with Crippen LogP contribution in [-0.2, 0) is 13.2 Å². The highest BCUT2D eigenvalue weighted by Crippen LogP contribution is 2.21. The summed E-state index contributed by atoms with van der Waals surface area (Å²) < 4.78 is 5.82. The quantitative estimate of drug-likeness (QED) is 0.654. The molecule has 0 aliphatic carbocycles. The molecule has 3 aromatic carbocycles. The Morgan fingerprint density at radius 2 is 1.56 bits per heavy atom. The molecule has 3 aromatic rings. The van der Waals surface area contributed by atoms with Crippen LogP contribution in [0.15, 0.2) is 78.9 Å². The lowest BCUT2D eigenvalue weighted by Gasteiger charge is -2.20. The van der Waals surface area contributed by atoms with Gasteiger partial charge in [-0.15, -0.1) is 0 Å². The first kappa shape index (κ1) is 16.6. The smallest absolute Gasteiger partial charge is 0.119 e. The number of nitriles is 1. The number of ether oxygens (including phenoxy) is 1. The first-order valence-electron chi connectivity index (χ1n) is 8.22. The molecular formula is C22H20N2O. The van der Waals surface area contributed by atoms with Crippen LogP contribution in [0.4, 0.5) is 5.69 Å². The SMILES string of the molecule is CN(Cc1ccccc1C#N)c1ccc(OCc2ccccc2)cc1. The molecule has 0 spiro atoms. The van der Waals surface area contributed by atoms with Crippen LogP contribution in [0, 0.1) is 11.3 Å². The van der Waals surface area contributed by atoms with Crippen molar-refractivity contribution in [2.45, 2.75) is 13.2 Å². The van der Waals surface area contributed by atoms with Crippen molar-refractivity contribution >= 4 is 5.69 Å². The maximum absolute atomic E-state index is 9.21. The Labute approximate surface area is 148 Å². The molecule has 124 valence electrons. The fourth-order valence-electron chi connectivity index (χ4n) is 2.65. The van der Waals surface area contributed by atoms with E-state index >= 15 is 0 Å². The normalized spacial score (nSPS) is 10.1. The summed E-state index contributed by atoms with van der Waals surface area (Å²) in [7, 11) is 2.02. The highest BCUT2D eigenvalue weighted by Gasteiger charge is 2.06. The van der Waals surface area contributed by atoms with Crippen molar-refractivity contribution in [3.63, 3.8) is 0 Å². The van der Waals surface area contributed by atoms with Crippen molar-refractivity contribution in [2.75, 3.05) is 11.9 Å². The molecule has 0 bridgehead atoms. The Kier molecular flexibility index (Phi) is 5.33. The monoisotopic (exact) mass is 328 g/mol. The molecular weight excluding hydrogens is 308 g/mol. The van der Waals surface area contributed by atoms with Crippen LogP contribution in [0.25, 0.3) is 0 Å². The van der Waals surface area contributed by atoms with Crippen LogP contribution in [0.3, 0.4) is 0 Å². The zero-order valence-electron chi connectivity index (χ0n) is 14.2. The molecule has 3 nitrogen and oxygen atoms in total. The van der Waals surface area contributed by atoms with Gasteiger partial charge < -0.3 is 9.64 Å². The topological polar surface area (TPSA) is 36.3 Å². The number of nitrogens with zero attached hydrogens (tertiary/aromatic N) is 2. The van der Waals surface area contributed by atoms with Gasteiger partial charge >= 0.3 is 0 Å². The van der Waals surface area contributed by atoms with Gasteiger partial charge in [0.05, 0.1) is 11.6 Å². The van der Waals surface area contributed by atoms with Crippen LogP contribution in [0.5, 0.6) is 5.75 Å². The van der Waals surface area contributed by atoms with Gasteiger partial charge in [0.2, 0.25) is 0 Å². The number of anilines is 1. The molecule has 25 heavy (non-hydrogen) atoms. The number of rotatable bonds is 6. The molecule has 0 atom stereocenters. The second-order valence-corrected chi connectivity index (χ2v) is 5.89. The second-order valence-electron chi connectivity index (χ2n) is 5.89. The van der Waals surface area contributed by atoms with E-state index in [1.165, 1.54) is 0 Å². The molecule has 0 N–H and O–H groups in total. The molecule has 0 amide bonds. The van der Waals surface area contributed by atoms with Crippen molar-refractivity contribution in [1.29, 1.82) is 5.26 Å². The number of hydrogen-bond donors (Lipinski definition) is 0. The van der Waals surface area contributed by atoms with Gasteiger partial charge in [-0.3, -0.25) is 0 Å². The standard InChI is InChI=1S/C22H20N2O/c1-24(16-20-10-6-5-9-19(20)15-23)21-11-13-22(14-12-21)25-17-18-7-3-2-4-8-18/h2-14H,16-17H2,1H3. The lowest BCUT2D eigenvalue weighted by Crippen LogP contribution is -2.17. The number of hydrogen-bond acceptors (Lipinski definition) is 3. The van der Waals surface area contributed by atoms with Crippen molar-refractivity contribution in [1.82, 2.24) is 0 Å². The predicted molar refractivity (Wildman–Crippen MR) is 100 cm³/mol. The maximum Gasteiger partial charge on any atom is 0.119 e. The van der Waals surface area contributed by atoms with Crippen LogP contribution in [-0.4, -0.2) is 7.05 Å². The molecule has 0 fully saturated rings. The molecule has 3 heteroatoms. The van der Waals surface area contributed by atoms with Gasteiger partial charge in [-0.1, -0.05) is 48.5 Å². The fourth-order valence-corrected chi connectivity index (χ4v) is 2.65. The maximum atomic E-state index is 9.21. The highest BCUT2D eigenvalue weighted by molar-refractivity contribution is 5.50. The van der Waals surface area contributed by atoms with Gasteiger partial charge in [0, 0.05) is 19.3 Å². The van der Waals surface area contributed by atoms with Crippen molar-refractivity contribution in [2.24, 2.45) is 0 Å². The minimum absolute atomic E-state index is 0.561. The van der Waals surface area contributed by atoms with Crippen molar-refractivity contribution in [3.05, 3.63) is 95.6 Å². The van der Waals surface area contributed by atoms with Gasteiger partial charge in [0.1, 0.15) is 12.4 Å². The lowest BCUT2D eigenvalue weighted by molar-refractivity contribution is 0.306. The van der Waals surface area contributed by atoms with Gasteiger partial charge in [-0.2, -0.15) is 5.26 Å². The molecule has 0 aliphatic rings. The van der Waals surface area contributed by atoms with Crippen molar-refractivity contribution in [3.8, 4) is 11.8 Å². The summed E-state index contributed by atoms with van der Waals surface area (Å²) >= 11 is 0. The van der Waals surface area contributed by atoms with E-state index < -0.39 is 0 Å². The van der Waals surface area contributed by atoms with E-state index in [1.807, 2.05) is 73.8 Å². The second kappa shape index (κ2) is 8.03. The van der Waals surface area contributed by atoms with Crippen molar-refractivity contribution < 1.29 is 4.74 Å². The molecule has 0 radical (unpaired) electrons. The summed E-state index contributed by atoms with van der Waals surface area (Å²) in [5.41, 5.74) is 3.98. The summed E-state index contributed by atoms with van der Waals surface area (Å²) in [6, 6.07) is 28.1. The summed E-state index contributed by atoms with van der Waals surface area (Å²) in [5, 5.41) is 9.21. The molecule has 0 unspecified atom stereocenters. The van der Waals surface area contributed by atoms with E-state index in [2.05, 4.69) is 23.1 Å². The summed E-state index contributed by atoms with van der Waals surface area (Å²) in [4.78, 5) is 2.12. The summed E-state index contributed by atoms with van der Waals surface area (Å²) in [5.74, 6) is 0.846. The molecule has 0 saturated heterocycles. The zero-order valence-corrected chi connectivity index (χ0v) is 14.2.